The van der Waals surface area contributed by atoms with Crippen LogP contribution in [0.25, 0.3) is 0 Å². The summed E-state index contributed by atoms with van der Waals surface area (Å²) in [5.41, 5.74) is 2.49. The first kappa shape index (κ1) is 17.0. The average Bonchev–Trinajstić information content (AvgIpc) is 2.50. The maximum Gasteiger partial charge on any atom is 0.342 e. The minimum Gasteiger partial charge on any atom is -0.507 e. The van der Waals surface area contributed by atoms with E-state index < -0.39 is 18.5 Å². The number of halogens is 1. The molecule has 0 heterocycles. The second kappa shape index (κ2) is 7.28. The topological polar surface area (TPSA) is 75.6 Å². The molecular weight excluding hydrogens is 362 g/mol. The standard InChI is InChI=1S/C17H16BrNO4/c1-10-4-6-15(20)12(7-10)17(22)23-9-16(21)19-14-5-3-11(2)8-13(14)18/h3-8,20H,9H2,1-2H3,(H,19,21). The highest BCUT2D eigenvalue weighted by Crippen LogP contribution is 2.23. The molecule has 5 nitrogen and oxygen atoms in total. The molecule has 0 aliphatic carbocycles. The second-order valence-corrected chi connectivity index (χ2v) is 5.98. The van der Waals surface area contributed by atoms with Gasteiger partial charge >= 0.3 is 5.97 Å². The third kappa shape index (κ3) is 4.56. The number of nitrogens with one attached hydrogen (secondary N) is 1. The van der Waals surface area contributed by atoms with Crippen LogP contribution >= 0.6 is 15.9 Å². The molecule has 0 fully saturated rings. The van der Waals surface area contributed by atoms with Gasteiger partial charge in [-0.3, -0.25) is 4.79 Å². The van der Waals surface area contributed by atoms with Crippen LogP contribution in [0.15, 0.2) is 40.9 Å². The monoisotopic (exact) mass is 377 g/mol. The van der Waals surface area contributed by atoms with E-state index in [1.165, 1.54) is 12.1 Å². The van der Waals surface area contributed by atoms with Gasteiger partial charge in [0.15, 0.2) is 6.61 Å². The molecule has 23 heavy (non-hydrogen) atoms. The van der Waals surface area contributed by atoms with Gasteiger partial charge in [0.1, 0.15) is 11.3 Å². The summed E-state index contributed by atoms with van der Waals surface area (Å²) in [4.78, 5) is 23.8. The summed E-state index contributed by atoms with van der Waals surface area (Å²) in [7, 11) is 0. The number of amides is 1. The van der Waals surface area contributed by atoms with E-state index in [-0.39, 0.29) is 11.3 Å². The van der Waals surface area contributed by atoms with Crippen molar-refractivity contribution in [2.75, 3.05) is 11.9 Å². The van der Waals surface area contributed by atoms with Crippen LogP contribution in [-0.4, -0.2) is 23.6 Å². The molecule has 0 bridgehead atoms. The molecule has 2 N–H and O–H groups in total. The lowest BCUT2D eigenvalue weighted by molar-refractivity contribution is -0.119. The fraction of sp³-hybridized carbons (Fsp3) is 0.176. The first-order chi connectivity index (χ1) is 10.9. The summed E-state index contributed by atoms with van der Waals surface area (Å²) < 4.78 is 5.68. The third-order valence-corrected chi connectivity index (χ3v) is 3.76. The third-order valence-electron chi connectivity index (χ3n) is 3.11. The average molecular weight is 378 g/mol. The molecule has 2 aromatic carbocycles. The van der Waals surface area contributed by atoms with Crippen molar-refractivity contribution in [2.24, 2.45) is 0 Å². The number of carbonyl (C=O) groups excluding carboxylic acids is 2. The normalized spacial score (nSPS) is 10.2. The maximum atomic E-state index is 11.9. The van der Waals surface area contributed by atoms with Crippen molar-refractivity contribution in [1.82, 2.24) is 0 Å². The molecule has 0 radical (unpaired) electrons. The van der Waals surface area contributed by atoms with Crippen LogP contribution in [0, 0.1) is 13.8 Å². The molecule has 1 amide bonds. The van der Waals surface area contributed by atoms with Crippen molar-refractivity contribution in [2.45, 2.75) is 13.8 Å². The summed E-state index contributed by atoms with van der Waals surface area (Å²) in [6.07, 6.45) is 0. The zero-order valence-corrected chi connectivity index (χ0v) is 14.3. The molecule has 0 aromatic heterocycles. The Hall–Kier alpha value is -2.34. The molecule has 0 aliphatic heterocycles. The summed E-state index contributed by atoms with van der Waals surface area (Å²) in [6.45, 7) is 3.29. The fourth-order valence-corrected chi connectivity index (χ4v) is 2.52. The lowest BCUT2D eigenvalue weighted by atomic mass is 10.1. The van der Waals surface area contributed by atoms with Gasteiger partial charge in [0.05, 0.1) is 5.69 Å². The van der Waals surface area contributed by atoms with Crippen LogP contribution in [0.2, 0.25) is 0 Å². The van der Waals surface area contributed by atoms with Crippen molar-refractivity contribution >= 4 is 33.5 Å². The number of hydrogen-bond acceptors (Lipinski definition) is 4. The van der Waals surface area contributed by atoms with E-state index in [0.29, 0.717) is 5.69 Å². The summed E-state index contributed by atoms with van der Waals surface area (Å²) in [5.74, 6) is -1.39. The number of ether oxygens (including phenoxy) is 1. The Labute approximate surface area is 142 Å². The Balaban J connectivity index is 1.96. The van der Waals surface area contributed by atoms with E-state index in [9.17, 15) is 14.7 Å². The van der Waals surface area contributed by atoms with Gasteiger partial charge in [-0.15, -0.1) is 0 Å². The van der Waals surface area contributed by atoms with E-state index in [1.807, 2.05) is 19.1 Å². The van der Waals surface area contributed by atoms with E-state index in [1.54, 1.807) is 19.1 Å². The van der Waals surface area contributed by atoms with Gasteiger partial charge in [-0.1, -0.05) is 17.7 Å². The second-order valence-electron chi connectivity index (χ2n) is 5.13. The number of aromatic hydroxyl groups is 1. The predicted octanol–water partition coefficient (Wildman–Crippen LogP) is 3.57. The van der Waals surface area contributed by atoms with Crippen molar-refractivity contribution in [3.05, 3.63) is 57.6 Å². The van der Waals surface area contributed by atoms with E-state index in [4.69, 9.17) is 4.74 Å². The highest BCUT2D eigenvalue weighted by atomic mass is 79.9. The molecule has 6 heteroatoms. The number of benzene rings is 2. The maximum absolute atomic E-state index is 11.9. The molecule has 2 aromatic rings. The molecular formula is C17H16BrNO4. The minimum atomic E-state index is -0.746. The largest absolute Gasteiger partial charge is 0.507 e. The summed E-state index contributed by atoms with van der Waals surface area (Å²) >= 11 is 3.35. The molecule has 0 saturated carbocycles. The van der Waals surface area contributed by atoms with Crippen LogP contribution in [0.5, 0.6) is 5.75 Å². The lowest BCUT2D eigenvalue weighted by Gasteiger charge is -2.09. The number of rotatable bonds is 4. The van der Waals surface area contributed by atoms with Gasteiger partial charge in [-0.25, -0.2) is 4.79 Å². The number of esters is 1. The molecule has 2 rings (SSSR count). The van der Waals surface area contributed by atoms with Crippen LogP contribution in [0.3, 0.4) is 0 Å². The van der Waals surface area contributed by atoms with Crippen LogP contribution in [0.4, 0.5) is 5.69 Å². The first-order valence-corrected chi connectivity index (χ1v) is 7.69. The summed E-state index contributed by atoms with van der Waals surface area (Å²) in [6, 6.07) is 10.1. The fourth-order valence-electron chi connectivity index (χ4n) is 1.93. The predicted molar refractivity (Wildman–Crippen MR) is 90.6 cm³/mol. The Morgan fingerprint density at radius 1 is 1.13 bits per heavy atom. The highest BCUT2D eigenvalue weighted by molar-refractivity contribution is 9.10. The number of aryl methyl sites for hydroxylation is 2. The quantitative estimate of drug-likeness (QED) is 0.798. The van der Waals surface area contributed by atoms with Gasteiger partial charge in [-0.2, -0.15) is 0 Å². The van der Waals surface area contributed by atoms with Crippen LogP contribution in [-0.2, 0) is 9.53 Å². The molecule has 0 atom stereocenters. The Kier molecular flexibility index (Phi) is 5.39. The molecule has 0 spiro atoms. The molecule has 0 unspecified atom stereocenters. The highest BCUT2D eigenvalue weighted by Gasteiger charge is 2.15. The first-order valence-electron chi connectivity index (χ1n) is 6.89. The minimum absolute atomic E-state index is 0.0364. The van der Waals surface area contributed by atoms with Crippen LogP contribution < -0.4 is 5.32 Å². The van der Waals surface area contributed by atoms with E-state index in [0.717, 1.165) is 15.6 Å². The van der Waals surface area contributed by atoms with E-state index >= 15 is 0 Å². The van der Waals surface area contributed by atoms with Crippen molar-refractivity contribution in [1.29, 1.82) is 0 Å². The van der Waals surface area contributed by atoms with Gasteiger partial charge in [0, 0.05) is 4.47 Å². The molecule has 120 valence electrons. The van der Waals surface area contributed by atoms with Crippen molar-refractivity contribution in [3.63, 3.8) is 0 Å². The summed E-state index contributed by atoms with van der Waals surface area (Å²) in [5, 5.41) is 12.3. The molecule has 0 saturated heterocycles. The van der Waals surface area contributed by atoms with Crippen molar-refractivity contribution in [3.8, 4) is 5.75 Å². The number of phenolic OH excluding ortho intramolecular Hbond substituents is 1. The Morgan fingerprint density at radius 3 is 2.48 bits per heavy atom. The lowest BCUT2D eigenvalue weighted by Crippen LogP contribution is -2.21. The smallest absolute Gasteiger partial charge is 0.342 e. The number of carbonyl (C=O) groups is 2. The van der Waals surface area contributed by atoms with Gasteiger partial charge < -0.3 is 15.2 Å². The SMILES string of the molecule is Cc1ccc(NC(=O)COC(=O)c2cc(C)ccc2O)c(Br)c1. The molecule has 0 aliphatic rings. The number of anilines is 1. The van der Waals surface area contributed by atoms with Gasteiger partial charge in [0.2, 0.25) is 0 Å². The number of hydrogen-bond donors (Lipinski definition) is 2. The van der Waals surface area contributed by atoms with E-state index in [2.05, 4.69) is 21.2 Å². The Bertz CT molecular complexity index is 758. The van der Waals surface area contributed by atoms with Crippen LogP contribution in [0.1, 0.15) is 21.5 Å². The Morgan fingerprint density at radius 2 is 1.78 bits per heavy atom. The van der Waals surface area contributed by atoms with Crippen molar-refractivity contribution < 1.29 is 19.4 Å². The zero-order valence-electron chi connectivity index (χ0n) is 12.7. The number of phenols is 1. The van der Waals surface area contributed by atoms with Gasteiger partial charge in [0.25, 0.3) is 5.91 Å². The zero-order chi connectivity index (χ0) is 17.0. The van der Waals surface area contributed by atoms with Gasteiger partial charge in [-0.05, 0) is 59.6 Å².